The zero-order chi connectivity index (χ0) is 12.1. The third-order valence-electron chi connectivity index (χ3n) is 1.82. The molecule has 0 atom stereocenters. The minimum Gasteiger partial charge on any atom is -0.478 e. The zero-order valence-electron chi connectivity index (χ0n) is 8.53. The van der Waals surface area contributed by atoms with Crippen molar-refractivity contribution in [1.29, 1.82) is 0 Å². The molecule has 4 nitrogen and oxygen atoms in total. The van der Waals surface area contributed by atoms with Crippen LogP contribution < -0.4 is 5.32 Å². The van der Waals surface area contributed by atoms with Crippen LogP contribution in [0.4, 0.5) is 5.69 Å². The van der Waals surface area contributed by atoms with Crippen molar-refractivity contribution >= 4 is 29.2 Å². The predicted molar refractivity (Wildman–Crippen MR) is 61.5 cm³/mol. The van der Waals surface area contributed by atoms with E-state index in [9.17, 15) is 9.59 Å². The average molecular weight is 240 g/mol. The number of halogens is 1. The molecule has 16 heavy (non-hydrogen) atoms. The first-order chi connectivity index (χ1) is 7.50. The Hall–Kier alpha value is -1.81. The summed E-state index contributed by atoms with van der Waals surface area (Å²) in [6.07, 6.45) is 1.01. The monoisotopic (exact) mass is 239 g/mol. The van der Waals surface area contributed by atoms with Gasteiger partial charge in [-0.15, -0.1) is 0 Å². The van der Waals surface area contributed by atoms with Gasteiger partial charge < -0.3 is 10.4 Å². The third kappa shape index (κ3) is 3.40. The van der Waals surface area contributed by atoms with Crippen LogP contribution in [0.25, 0.3) is 0 Å². The molecule has 84 valence electrons. The lowest BCUT2D eigenvalue weighted by Gasteiger charge is -2.04. The first-order valence-electron chi connectivity index (χ1n) is 4.48. The van der Waals surface area contributed by atoms with Crippen LogP contribution in [0.3, 0.4) is 0 Å². The molecule has 0 aliphatic heterocycles. The van der Waals surface area contributed by atoms with E-state index in [1.54, 1.807) is 24.3 Å². The maximum atomic E-state index is 11.4. The van der Waals surface area contributed by atoms with E-state index in [0.29, 0.717) is 10.7 Å². The minimum atomic E-state index is -1.13. The average Bonchev–Trinajstić information content (AvgIpc) is 2.21. The van der Waals surface area contributed by atoms with E-state index in [1.807, 2.05) is 0 Å². The van der Waals surface area contributed by atoms with Crippen LogP contribution in [0.5, 0.6) is 0 Å². The number of aliphatic carboxylic acids is 1. The highest BCUT2D eigenvalue weighted by molar-refractivity contribution is 6.33. The van der Waals surface area contributed by atoms with Gasteiger partial charge in [0, 0.05) is 11.6 Å². The number of nitrogens with one attached hydrogen (secondary N) is 1. The Morgan fingerprint density at radius 1 is 1.38 bits per heavy atom. The molecule has 1 amide bonds. The maximum absolute atomic E-state index is 11.4. The van der Waals surface area contributed by atoms with Crippen LogP contribution >= 0.6 is 11.6 Å². The second-order valence-electron chi connectivity index (χ2n) is 3.10. The van der Waals surface area contributed by atoms with E-state index < -0.39 is 11.9 Å². The Morgan fingerprint density at radius 3 is 2.56 bits per heavy atom. The number of carboxylic acids is 1. The predicted octanol–water partition coefficient (Wildman–Crippen LogP) is 2.31. The maximum Gasteiger partial charge on any atom is 0.331 e. The number of para-hydroxylation sites is 1. The molecule has 0 spiro atoms. The first-order valence-corrected chi connectivity index (χ1v) is 4.85. The number of benzene rings is 1. The number of carbonyl (C=O) groups is 2. The van der Waals surface area contributed by atoms with Gasteiger partial charge >= 0.3 is 5.97 Å². The van der Waals surface area contributed by atoms with E-state index >= 15 is 0 Å². The molecule has 2 N–H and O–H groups in total. The molecule has 1 rings (SSSR count). The van der Waals surface area contributed by atoms with Crippen molar-refractivity contribution in [1.82, 2.24) is 0 Å². The van der Waals surface area contributed by atoms with Gasteiger partial charge in [-0.25, -0.2) is 4.79 Å². The number of amides is 1. The largest absolute Gasteiger partial charge is 0.478 e. The molecule has 0 saturated carbocycles. The molecule has 0 radical (unpaired) electrons. The number of hydrogen-bond acceptors (Lipinski definition) is 2. The molecule has 0 aromatic heterocycles. The highest BCUT2D eigenvalue weighted by atomic mass is 35.5. The summed E-state index contributed by atoms with van der Waals surface area (Å²) in [4.78, 5) is 21.8. The van der Waals surface area contributed by atoms with Crippen molar-refractivity contribution in [3.63, 3.8) is 0 Å². The van der Waals surface area contributed by atoms with Gasteiger partial charge in [0.25, 0.3) is 0 Å². The fourth-order valence-electron chi connectivity index (χ4n) is 0.990. The lowest BCUT2D eigenvalue weighted by atomic mass is 10.2. The van der Waals surface area contributed by atoms with Gasteiger partial charge in [-0.3, -0.25) is 4.79 Å². The van der Waals surface area contributed by atoms with Gasteiger partial charge in [0.2, 0.25) is 5.91 Å². The molecule has 0 saturated heterocycles. The standard InChI is InChI=1S/C11H10ClNO3/c1-7(11(15)16)6-10(14)13-9-5-3-2-4-8(9)12/h2-6H,1H3,(H,13,14)(H,15,16)/b7-6-. The summed E-state index contributed by atoms with van der Waals surface area (Å²) in [6.45, 7) is 1.34. The third-order valence-corrected chi connectivity index (χ3v) is 2.15. The van der Waals surface area contributed by atoms with Gasteiger partial charge in [-0.1, -0.05) is 23.7 Å². The highest BCUT2D eigenvalue weighted by Gasteiger charge is 2.06. The lowest BCUT2D eigenvalue weighted by molar-refractivity contribution is -0.132. The van der Waals surface area contributed by atoms with Gasteiger partial charge in [0.1, 0.15) is 0 Å². The molecule has 1 aromatic carbocycles. The number of anilines is 1. The van der Waals surface area contributed by atoms with Crippen molar-refractivity contribution in [2.24, 2.45) is 0 Å². The van der Waals surface area contributed by atoms with Gasteiger partial charge in [-0.05, 0) is 19.1 Å². The fourth-order valence-corrected chi connectivity index (χ4v) is 1.17. The summed E-state index contributed by atoms with van der Waals surface area (Å²) in [5.41, 5.74) is 0.410. The smallest absolute Gasteiger partial charge is 0.331 e. The summed E-state index contributed by atoms with van der Waals surface area (Å²) < 4.78 is 0. The number of carbonyl (C=O) groups excluding carboxylic acids is 1. The molecule has 0 aliphatic carbocycles. The summed E-state index contributed by atoms with van der Waals surface area (Å²) >= 11 is 5.82. The second-order valence-corrected chi connectivity index (χ2v) is 3.51. The van der Waals surface area contributed by atoms with Crippen LogP contribution in [0.2, 0.25) is 5.02 Å². The SMILES string of the molecule is C/C(=C/C(=O)Nc1ccccc1Cl)C(=O)O. The van der Waals surface area contributed by atoms with Crippen LogP contribution in [0.15, 0.2) is 35.9 Å². The van der Waals surface area contributed by atoms with Crippen molar-refractivity contribution in [2.45, 2.75) is 6.92 Å². The number of carboxylic acid groups (broad SMARTS) is 1. The normalized spacial score (nSPS) is 11.0. The van der Waals surface area contributed by atoms with Gasteiger partial charge in [0.15, 0.2) is 0 Å². The summed E-state index contributed by atoms with van der Waals surface area (Å²) in [6, 6.07) is 6.71. The number of rotatable bonds is 3. The van der Waals surface area contributed by atoms with Crippen LogP contribution in [0, 0.1) is 0 Å². The molecular formula is C11H10ClNO3. The van der Waals surface area contributed by atoms with Gasteiger partial charge in [0.05, 0.1) is 10.7 Å². The quantitative estimate of drug-likeness (QED) is 0.796. The fraction of sp³-hybridized carbons (Fsp3) is 0.0909. The van der Waals surface area contributed by atoms with Crippen LogP contribution in [0.1, 0.15) is 6.92 Å². The summed E-state index contributed by atoms with van der Waals surface area (Å²) in [7, 11) is 0. The Bertz CT molecular complexity index is 454. The van der Waals surface area contributed by atoms with Crippen molar-refractivity contribution in [3.8, 4) is 0 Å². The van der Waals surface area contributed by atoms with Crippen LogP contribution in [-0.4, -0.2) is 17.0 Å². The molecule has 0 bridgehead atoms. The topological polar surface area (TPSA) is 66.4 Å². The minimum absolute atomic E-state index is 0.0375. The summed E-state index contributed by atoms with van der Waals surface area (Å²) in [5, 5.41) is 11.5. The molecule has 0 heterocycles. The van der Waals surface area contributed by atoms with Crippen molar-refractivity contribution < 1.29 is 14.7 Å². The Balaban J connectivity index is 2.77. The van der Waals surface area contributed by atoms with Gasteiger partial charge in [-0.2, -0.15) is 0 Å². The number of hydrogen-bond donors (Lipinski definition) is 2. The molecular weight excluding hydrogens is 230 g/mol. The van der Waals surface area contributed by atoms with E-state index in [-0.39, 0.29) is 5.57 Å². The van der Waals surface area contributed by atoms with Crippen LogP contribution in [-0.2, 0) is 9.59 Å². The molecule has 1 aromatic rings. The first kappa shape index (κ1) is 12.3. The highest BCUT2D eigenvalue weighted by Crippen LogP contribution is 2.20. The Labute approximate surface area is 97.5 Å². The second kappa shape index (κ2) is 5.32. The molecule has 0 fully saturated rings. The Kier molecular flexibility index (Phi) is 4.08. The van der Waals surface area contributed by atoms with Crippen molar-refractivity contribution in [2.75, 3.05) is 5.32 Å². The van der Waals surface area contributed by atoms with E-state index in [2.05, 4.69) is 5.32 Å². The summed E-state index contributed by atoms with van der Waals surface area (Å²) in [5.74, 6) is -1.65. The van der Waals surface area contributed by atoms with E-state index in [4.69, 9.17) is 16.7 Å². The lowest BCUT2D eigenvalue weighted by Crippen LogP contribution is -2.11. The van der Waals surface area contributed by atoms with E-state index in [0.717, 1.165) is 6.08 Å². The van der Waals surface area contributed by atoms with Crippen molar-refractivity contribution in [3.05, 3.63) is 40.9 Å². The van der Waals surface area contributed by atoms with E-state index in [1.165, 1.54) is 6.92 Å². The Morgan fingerprint density at radius 2 is 2.00 bits per heavy atom. The molecule has 0 aliphatic rings. The zero-order valence-corrected chi connectivity index (χ0v) is 9.28. The molecule has 5 heteroatoms. The molecule has 0 unspecified atom stereocenters.